The third-order valence-corrected chi connectivity index (χ3v) is 4.33. The Balaban J connectivity index is 1.83. The average molecular weight is 268 g/mol. The third-order valence-electron chi connectivity index (χ3n) is 3.27. The molecule has 1 aromatic heterocycles. The lowest BCUT2D eigenvalue weighted by Gasteiger charge is -2.34. The Morgan fingerprint density at radius 1 is 1.28 bits per heavy atom. The molecule has 1 aromatic rings. The van der Waals surface area contributed by atoms with Gasteiger partial charge in [0.25, 0.3) is 0 Å². The fourth-order valence-electron chi connectivity index (χ4n) is 2.25. The first-order valence-corrected chi connectivity index (χ1v) is 7.77. The van der Waals surface area contributed by atoms with Crippen molar-refractivity contribution in [3.05, 3.63) is 11.1 Å². The molecular weight excluding hydrogens is 244 g/mol. The molecule has 2 rings (SSSR count). The van der Waals surface area contributed by atoms with Crippen molar-refractivity contribution in [2.24, 2.45) is 0 Å². The highest BCUT2D eigenvalue weighted by atomic mass is 32.1. The summed E-state index contributed by atoms with van der Waals surface area (Å²) in [5.74, 6) is 0. The Labute approximate surface area is 114 Å². The van der Waals surface area contributed by atoms with Gasteiger partial charge >= 0.3 is 0 Å². The summed E-state index contributed by atoms with van der Waals surface area (Å²) in [5, 5.41) is 4.54. The van der Waals surface area contributed by atoms with Gasteiger partial charge in [-0.25, -0.2) is 4.98 Å². The van der Waals surface area contributed by atoms with Crippen molar-refractivity contribution in [2.75, 3.05) is 44.2 Å². The maximum Gasteiger partial charge on any atom is 0.185 e. The van der Waals surface area contributed by atoms with Gasteiger partial charge in [-0.05, 0) is 19.5 Å². The summed E-state index contributed by atoms with van der Waals surface area (Å²) in [5.41, 5.74) is 0. The number of anilines is 1. The van der Waals surface area contributed by atoms with Gasteiger partial charge in [-0.2, -0.15) is 0 Å². The number of thiazole rings is 1. The molecule has 0 aliphatic carbocycles. The van der Waals surface area contributed by atoms with E-state index in [1.54, 1.807) is 0 Å². The van der Waals surface area contributed by atoms with Gasteiger partial charge in [-0.3, -0.25) is 4.90 Å². The molecule has 0 spiro atoms. The van der Waals surface area contributed by atoms with Crippen LogP contribution in [0.3, 0.4) is 0 Å². The van der Waals surface area contributed by atoms with Crippen LogP contribution in [-0.2, 0) is 6.54 Å². The Hall–Kier alpha value is -0.650. The summed E-state index contributed by atoms with van der Waals surface area (Å²) in [6.45, 7) is 12.2. The summed E-state index contributed by atoms with van der Waals surface area (Å²) in [7, 11) is 0. The highest BCUT2D eigenvalue weighted by Crippen LogP contribution is 2.23. The lowest BCUT2D eigenvalue weighted by molar-refractivity contribution is 0.258. The van der Waals surface area contributed by atoms with E-state index in [2.05, 4.69) is 33.9 Å². The summed E-state index contributed by atoms with van der Waals surface area (Å²) < 4.78 is 0. The molecule has 1 N–H and O–H groups in total. The molecule has 18 heavy (non-hydrogen) atoms. The highest BCUT2D eigenvalue weighted by Gasteiger charge is 2.18. The zero-order valence-electron chi connectivity index (χ0n) is 11.5. The Bertz CT molecular complexity index is 345. The maximum absolute atomic E-state index is 4.55. The number of piperazine rings is 1. The molecular formula is C13H24N4S. The van der Waals surface area contributed by atoms with Gasteiger partial charge in [0.05, 0.1) is 0 Å². The van der Waals surface area contributed by atoms with Gasteiger partial charge in [0.15, 0.2) is 5.13 Å². The van der Waals surface area contributed by atoms with Crippen LogP contribution in [0.25, 0.3) is 0 Å². The molecule has 0 aromatic carbocycles. The molecule has 1 saturated heterocycles. The predicted molar refractivity (Wildman–Crippen MR) is 78.4 cm³/mol. The molecule has 0 radical (unpaired) electrons. The van der Waals surface area contributed by atoms with Crippen molar-refractivity contribution in [1.82, 2.24) is 15.2 Å². The molecule has 1 aliphatic rings. The van der Waals surface area contributed by atoms with Crippen LogP contribution in [0.15, 0.2) is 6.20 Å². The zero-order chi connectivity index (χ0) is 12.8. The van der Waals surface area contributed by atoms with E-state index in [-0.39, 0.29) is 0 Å². The van der Waals surface area contributed by atoms with Crippen LogP contribution >= 0.6 is 11.3 Å². The average Bonchev–Trinajstić information content (AvgIpc) is 2.86. The molecule has 0 atom stereocenters. The van der Waals surface area contributed by atoms with E-state index >= 15 is 0 Å². The van der Waals surface area contributed by atoms with E-state index in [4.69, 9.17) is 0 Å². The summed E-state index contributed by atoms with van der Waals surface area (Å²) in [6, 6.07) is 0. The van der Waals surface area contributed by atoms with E-state index in [0.29, 0.717) is 0 Å². The van der Waals surface area contributed by atoms with Crippen LogP contribution in [0.4, 0.5) is 5.13 Å². The van der Waals surface area contributed by atoms with Crippen molar-refractivity contribution in [3.8, 4) is 0 Å². The highest BCUT2D eigenvalue weighted by molar-refractivity contribution is 7.15. The number of hydrogen-bond acceptors (Lipinski definition) is 5. The van der Waals surface area contributed by atoms with Crippen molar-refractivity contribution in [2.45, 2.75) is 26.8 Å². The van der Waals surface area contributed by atoms with Gasteiger partial charge in [-0.15, -0.1) is 11.3 Å². The predicted octanol–water partition coefficient (Wildman–Crippen LogP) is 1.78. The smallest absolute Gasteiger partial charge is 0.185 e. The number of hydrogen-bond donors (Lipinski definition) is 1. The Kier molecular flexibility index (Phi) is 5.41. The van der Waals surface area contributed by atoms with Gasteiger partial charge in [-0.1, -0.05) is 13.8 Å². The van der Waals surface area contributed by atoms with E-state index in [1.165, 1.54) is 36.1 Å². The summed E-state index contributed by atoms with van der Waals surface area (Å²) >= 11 is 1.83. The molecule has 102 valence electrons. The lowest BCUT2D eigenvalue weighted by Crippen LogP contribution is -2.46. The summed E-state index contributed by atoms with van der Waals surface area (Å²) in [4.78, 5) is 10.9. The number of nitrogens with one attached hydrogen (secondary N) is 1. The number of nitrogens with zero attached hydrogens (tertiary/aromatic N) is 3. The van der Waals surface area contributed by atoms with E-state index < -0.39 is 0 Å². The third kappa shape index (κ3) is 3.67. The number of aromatic nitrogens is 1. The molecule has 2 heterocycles. The lowest BCUT2D eigenvalue weighted by atomic mass is 10.3. The molecule has 0 saturated carbocycles. The van der Waals surface area contributed by atoms with E-state index in [0.717, 1.165) is 26.2 Å². The molecule has 0 amide bonds. The normalized spacial score (nSPS) is 17.3. The van der Waals surface area contributed by atoms with Crippen LogP contribution in [0.1, 0.15) is 25.1 Å². The minimum Gasteiger partial charge on any atom is -0.346 e. The van der Waals surface area contributed by atoms with Crippen molar-refractivity contribution in [1.29, 1.82) is 0 Å². The van der Waals surface area contributed by atoms with Crippen molar-refractivity contribution >= 4 is 16.5 Å². The molecule has 5 heteroatoms. The van der Waals surface area contributed by atoms with Gasteiger partial charge in [0, 0.05) is 43.8 Å². The Morgan fingerprint density at radius 3 is 2.72 bits per heavy atom. The van der Waals surface area contributed by atoms with Crippen LogP contribution in [-0.4, -0.2) is 49.2 Å². The maximum atomic E-state index is 4.55. The van der Waals surface area contributed by atoms with Gasteiger partial charge in [0.2, 0.25) is 0 Å². The molecule has 1 fully saturated rings. The fraction of sp³-hybridized carbons (Fsp3) is 0.769. The first-order chi connectivity index (χ1) is 8.83. The monoisotopic (exact) mass is 268 g/mol. The fourth-order valence-corrected chi connectivity index (χ4v) is 3.18. The minimum atomic E-state index is 0.948. The molecule has 0 unspecified atom stereocenters. The van der Waals surface area contributed by atoms with Gasteiger partial charge in [0.1, 0.15) is 0 Å². The molecule has 1 aliphatic heterocycles. The van der Waals surface area contributed by atoms with Crippen LogP contribution < -0.4 is 10.2 Å². The van der Waals surface area contributed by atoms with Crippen LogP contribution in [0.2, 0.25) is 0 Å². The van der Waals surface area contributed by atoms with Crippen molar-refractivity contribution in [3.63, 3.8) is 0 Å². The first-order valence-electron chi connectivity index (χ1n) is 6.96. The van der Waals surface area contributed by atoms with Crippen LogP contribution in [0.5, 0.6) is 0 Å². The summed E-state index contributed by atoms with van der Waals surface area (Å²) in [6.07, 6.45) is 3.27. The Morgan fingerprint density at radius 2 is 2.06 bits per heavy atom. The largest absolute Gasteiger partial charge is 0.346 e. The number of rotatable bonds is 6. The molecule has 0 bridgehead atoms. The van der Waals surface area contributed by atoms with Gasteiger partial charge < -0.3 is 10.2 Å². The van der Waals surface area contributed by atoms with E-state index in [9.17, 15) is 0 Å². The quantitative estimate of drug-likeness (QED) is 0.852. The standard InChI is InChI=1S/C13H24N4S/c1-3-5-16-6-8-17(9-7-16)13-15-11-12(18-13)10-14-4-2/h11,14H,3-10H2,1-2H3. The topological polar surface area (TPSA) is 31.4 Å². The minimum absolute atomic E-state index is 0.948. The van der Waals surface area contributed by atoms with E-state index in [1.807, 2.05) is 17.5 Å². The second-order valence-corrected chi connectivity index (χ2v) is 5.81. The second kappa shape index (κ2) is 7.07. The van der Waals surface area contributed by atoms with Crippen molar-refractivity contribution < 1.29 is 0 Å². The second-order valence-electron chi connectivity index (χ2n) is 4.72. The first kappa shape index (κ1) is 13.8. The molecule has 4 nitrogen and oxygen atoms in total. The van der Waals surface area contributed by atoms with Crippen LogP contribution in [0, 0.1) is 0 Å². The SMILES string of the molecule is CCCN1CCN(c2ncc(CNCC)s2)CC1. The zero-order valence-corrected chi connectivity index (χ0v) is 12.3.